The lowest BCUT2D eigenvalue weighted by atomic mass is 10.1. The quantitative estimate of drug-likeness (QED) is 0.699. The summed E-state index contributed by atoms with van der Waals surface area (Å²) in [5.41, 5.74) is 9.13. The summed E-state index contributed by atoms with van der Waals surface area (Å²) >= 11 is 0. The van der Waals surface area contributed by atoms with E-state index in [1.54, 1.807) is 4.52 Å². The van der Waals surface area contributed by atoms with Crippen LogP contribution in [0.4, 0.5) is 0 Å². The molecule has 2 N–H and O–H groups in total. The van der Waals surface area contributed by atoms with E-state index in [0.29, 0.717) is 5.78 Å². The van der Waals surface area contributed by atoms with Crippen molar-refractivity contribution in [1.82, 2.24) is 30.4 Å². The Kier molecular flexibility index (Phi) is 4.74. The minimum Gasteiger partial charge on any atom is -0.298 e. The number of aryl methyl sites for hydroxylation is 2. The molecular formula is C18H20N6O. The van der Waals surface area contributed by atoms with E-state index in [-0.39, 0.29) is 5.82 Å². The van der Waals surface area contributed by atoms with Crippen LogP contribution < -0.4 is 10.9 Å². The second kappa shape index (κ2) is 7.12. The largest absolute Gasteiger partial charge is 0.309 e. The first-order chi connectivity index (χ1) is 12.1. The summed E-state index contributed by atoms with van der Waals surface area (Å²) in [6, 6.07) is 11.7. The fraction of sp³-hybridized carbons (Fsp3) is 0.222. The van der Waals surface area contributed by atoms with E-state index in [1.165, 1.54) is 0 Å². The van der Waals surface area contributed by atoms with Crippen molar-refractivity contribution in [3.8, 4) is 0 Å². The minimum absolute atomic E-state index is 0.0672. The normalized spacial score (nSPS) is 11.6. The maximum Gasteiger partial charge on any atom is 0.309 e. The predicted molar refractivity (Wildman–Crippen MR) is 95.6 cm³/mol. The van der Waals surface area contributed by atoms with Gasteiger partial charge in [0.15, 0.2) is 0 Å². The van der Waals surface area contributed by atoms with E-state index >= 15 is 0 Å². The zero-order chi connectivity index (χ0) is 17.8. The summed E-state index contributed by atoms with van der Waals surface area (Å²) in [5, 5.41) is 4.22. The number of allylic oxidation sites excluding steroid dienone is 1. The molecule has 0 saturated carbocycles. The number of carbonyl (C=O) groups excluding carboxylic acids is 1. The molecule has 7 heteroatoms. The van der Waals surface area contributed by atoms with Gasteiger partial charge in [0.1, 0.15) is 0 Å². The molecule has 25 heavy (non-hydrogen) atoms. The summed E-state index contributed by atoms with van der Waals surface area (Å²) in [4.78, 5) is 20.9. The first-order valence-corrected chi connectivity index (χ1v) is 8.11. The highest BCUT2D eigenvalue weighted by Crippen LogP contribution is 2.11. The van der Waals surface area contributed by atoms with Crippen LogP contribution in [-0.2, 0) is 0 Å². The Morgan fingerprint density at radius 3 is 2.64 bits per heavy atom. The second-order valence-corrected chi connectivity index (χ2v) is 5.66. The van der Waals surface area contributed by atoms with Gasteiger partial charge in [-0.2, -0.15) is 4.98 Å². The van der Waals surface area contributed by atoms with Gasteiger partial charge in [0.2, 0.25) is 5.82 Å². The van der Waals surface area contributed by atoms with Crippen LogP contribution in [0.3, 0.4) is 0 Å². The van der Waals surface area contributed by atoms with E-state index < -0.39 is 5.91 Å². The van der Waals surface area contributed by atoms with Crippen LogP contribution in [-0.4, -0.2) is 25.5 Å². The standard InChI is InChI=1S/C18H20N6O/c1-4-8-15(14-9-6-5-7-10-14)21-22-17(25)16-20-18-19-12(2)11-13(3)24(18)23-16/h5-11,21H,4H2,1-3H3,(H,22,25)/b15-8-. The van der Waals surface area contributed by atoms with Gasteiger partial charge in [0, 0.05) is 11.4 Å². The Labute approximate surface area is 145 Å². The number of carbonyl (C=O) groups is 1. The van der Waals surface area contributed by atoms with Gasteiger partial charge in [-0.05, 0) is 31.9 Å². The number of amides is 1. The third-order valence-electron chi connectivity index (χ3n) is 3.63. The van der Waals surface area contributed by atoms with Gasteiger partial charge in [-0.25, -0.2) is 9.50 Å². The molecule has 1 aromatic carbocycles. The lowest BCUT2D eigenvalue weighted by molar-refractivity contribution is 0.0932. The van der Waals surface area contributed by atoms with Crippen LogP contribution in [0.15, 0.2) is 42.5 Å². The summed E-state index contributed by atoms with van der Waals surface area (Å²) < 4.78 is 1.56. The molecule has 1 amide bonds. The zero-order valence-electron chi connectivity index (χ0n) is 14.4. The van der Waals surface area contributed by atoms with Gasteiger partial charge in [0.25, 0.3) is 5.78 Å². The third-order valence-corrected chi connectivity index (χ3v) is 3.63. The Morgan fingerprint density at radius 1 is 1.16 bits per heavy atom. The summed E-state index contributed by atoms with van der Waals surface area (Å²) in [6.45, 7) is 5.81. The number of benzene rings is 1. The molecule has 0 aliphatic heterocycles. The number of nitrogens with one attached hydrogen (secondary N) is 2. The van der Waals surface area contributed by atoms with E-state index in [1.807, 2.05) is 63.2 Å². The van der Waals surface area contributed by atoms with Crippen molar-refractivity contribution in [3.05, 3.63) is 65.2 Å². The van der Waals surface area contributed by atoms with Crippen LogP contribution in [0.5, 0.6) is 0 Å². The van der Waals surface area contributed by atoms with Gasteiger partial charge in [-0.1, -0.05) is 43.3 Å². The smallest absolute Gasteiger partial charge is 0.298 e. The van der Waals surface area contributed by atoms with Crippen molar-refractivity contribution in [2.75, 3.05) is 0 Å². The lowest BCUT2D eigenvalue weighted by Crippen LogP contribution is -2.36. The lowest BCUT2D eigenvalue weighted by Gasteiger charge is -2.11. The average Bonchev–Trinajstić information content (AvgIpc) is 3.03. The van der Waals surface area contributed by atoms with Gasteiger partial charge in [-0.15, -0.1) is 5.10 Å². The van der Waals surface area contributed by atoms with E-state index in [4.69, 9.17) is 0 Å². The van der Waals surface area contributed by atoms with Crippen molar-refractivity contribution in [3.63, 3.8) is 0 Å². The first kappa shape index (κ1) is 16.6. The molecule has 3 rings (SSSR count). The number of aromatic nitrogens is 4. The average molecular weight is 336 g/mol. The Balaban J connectivity index is 1.78. The topological polar surface area (TPSA) is 84.2 Å². The molecule has 128 valence electrons. The van der Waals surface area contributed by atoms with E-state index in [2.05, 4.69) is 25.9 Å². The van der Waals surface area contributed by atoms with Crippen molar-refractivity contribution < 1.29 is 4.79 Å². The van der Waals surface area contributed by atoms with Crippen LogP contribution in [0.1, 0.15) is 40.9 Å². The van der Waals surface area contributed by atoms with Crippen molar-refractivity contribution in [2.45, 2.75) is 27.2 Å². The van der Waals surface area contributed by atoms with Crippen molar-refractivity contribution in [1.29, 1.82) is 0 Å². The van der Waals surface area contributed by atoms with Gasteiger partial charge in [-0.3, -0.25) is 15.6 Å². The van der Waals surface area contributed by atoms with Gasteiger partial charge >= 0.3 is 5.91 Å². The molecule has 0 fully saturated rings. The summed E-state index contributed by atoms with van der Waals surface area (Å²) in [7, 11) is 0. The molecule has 0 bridgehead atoms. The number of nitrogens with zero attached hydrogens (tertiary/aromatic N) is 4. The number of rotatable bonds is 5. The summed E-state index contributed by atoms with van der Waals surface area (Å²) in [6.07, 6.45) is 2.84. The van der Waals surface area contributed by atoms with Gasteiger partial charge < -0.3 is 0 Å². The maximum absolute atomic E-state index is 12.4. The molecule has 0 aliphatic carbocycles. The number of fused-ring (bicyclic) bond motifs is 1. The molecule has 3 aromatic rings. The monoisotopic (exact) mass is 336 g/mol. The third kappa shape index (κ3) is 3.65. The van der Waals surface area contributed by atoms with Gasteiger partial charge in [0.05, 0.1) is 5.70 Å². The molecule has 0 atom stereocenters. The summed E-state index contributed by atoms with van der Waals surface area (Å²) in [5.74, 6) is 0.0631. The molecule has 0 unspecified atom stereocenters. The fourth-order valence-electron chi connectivity index (χ4n) is 2.51. The minimum atomic E-state index is -0.416. The molecule has 0 saturated heterocycles. The van der Waals surface area contributed by atoms with Crippen LogP contribution in [0.25, 0.3) is 11.5 Å². The molecule has 0 spiro atoms. The maximum atomic E-state index is 12.4. The van der Waals surface area contributed by atoms with E-state index in [0.717, 1.165) is 29.1 Å². The number of hydrogen-bond acceptors (Lipinski definition) is 5. The molecule has 7 nitrogen and oxygen atoms in total. The van der Waals surface area contributed by atoms with Crippen LogP contribution in [0, 0.1) is 13.8 Å². The molecule has 0 aliphatic rings. The number of hydrogen-bond donors (Lipinski definition) is 2. The molecular weight excluding hydrogens is 316 g/mol. The van der Waals surface area contributed by atoms with Crippen molar-refractivity contribution >= 4 is 17.4 Å². The fourth-order valence-corrected chi connectivity index (χ4v) is 2.51. The van der Waals surface area contributed by atoms with E-state index in [9.17, 15) is 4.79 Å². The highest BCUT2D eigenvalue weighted by atomic mass is 16.2. The Hall–Kier alpha value is -3.22. The second-order valence-electron chi connectivity index (χ2n) is 5.66. The Morgan fingerprint density at radius 2 is 1.92 bits per heavy atom. The molecule has 2 heterocycles. The van der Waals surface area contributed by atoms with Crippen LogP contribution in [0.2, 0.25) is 0 Å². The molecule has 2 aromatic heterocycles. The first-order valence-electron chi connectivity index (χ1n) is 8.11. The Bertz CT molecular complexity index is 929. The predicted octanol–water partition coefficient (Wildman–Crippen LogP) is 2.43. The SMILES string of the molecule is CC/C=C(\NNC(=O)c1nc2nc(C)cc(C)n2n1)c1ccccc1. The van der Waals surface area contributed by atoms with Crippen molar-refractivity contribution in [2.24, 2.45) is 0 Å². The zero-order valence-corrected chi connectivity index (χ0v) is 14.4. The van der Waals surface area contributed by atoms with Crippen LogP contribution >= 0.6 is 0 Å². The molecule has 0 radical (unpaired) electrons. The highest BCUT2D eigenvalue weighted by Gasteiger charge is 2.15. The highest BCUT2D eigenvalue weighted by molar-refractivity contribution is 5.91. The number of hydrazine groups is 1.